The summed E-state index contributed by atoms with van der Waals surface area (Å²) in [4.78, 5) is 34.3. The lowest BCUT2D eigenvalue weighted by Crippen LogP contribution is -2.34. The van der Waals surface area contributed by atoms with Gasteiger partial charge in [-0.25, -0.2) is 5.43 Å². The molecule has 8 heteroatoms. The fourth-order valence-corrected chi connectivity index (χ4v) is 2.36. The first-order valence-electron chi connectivity index (χ1n) is 8.62. The standard InChI is InChI=1S/C20H22N4O4/c1-20(2,3)16-10-8-14(9-11-16)19(26)21-13-18(25)23-22-12-15-6-4-5-7-17(15)24(27)28/h4-12H,13H2,1-3H3,(H,21,26)(H,23,25)/b22-12-. The van der Waals surface area contributed by atoms with Gasteiger partial charge < -0.3 is 5.32 Å². The molecule has 2 N–H and O–H groups in total. The number of carbonyl (C=O) groups excluding carboxylic acids is 2. The zero-order valence-electron chi connectivity index (χ0n) is 15.9. The molecule has 0 aliphatic carbocycles. The molecule has 0 bridgehead atoms. The lowest BCUT2D eigenvalue weighted by molar-refractivity contribution is -0.385. The van der Waals surface area contributed by atoms with E-state index in [1.54, 1.807) is 18.2 Å². The summed E-state index contributed by atoms with van der Waals surface area (Å²) in [6, 6.07) is 13.2. The van der Waals surface area contributed by atoms with Crippen LogP contribution in [0.3, 0.4) is 0 Å². The number of hydrazone groups is 1. The first-order valence-corrected chi connectivity index (χ1v) is 8.62. The molecule has 28 heavy (non-hydrogen) atoms. The lowest BCUT2D eigenvalue weighted by atomic mass is 9.87. The summed E-state index contributed by atoms with van der Waals surface area (Å²) in [5.41, 5.74) is 3.91. The first kappa shape index (κ1) is 20.8. The highest BCUT2D eigenvalue weighted by Gasteiger charge is 2.14. The minimum absolute atomic E-state index is 0.0132. The number of nitrogens with one attached hydrogen (secondary N) is 2. The summed E-state index contributed by atoms with van der Waals surface area (Å²) < 4.78 is 0. The van der Waals surface area contributed by atoms with E-state index in [4.69, 9.17) is 0 Å². The van der Waals surface area contributed by atoms with E-state index in [0.717, 1.165) is 5.56 Å². The summed E-state index contributed by atoms with van der Waals surface area (Å²) >= 11 is 0. The fourth-order valence-electron chi connectivity index (χ4n) is 2.36. The second-order valence-electron chi connectivity index (χ2n) is 7.12. The van der Waals surface area contributed by atoms with Gasteiger partial charge in [-0.2, -0.15) is 5.10 Å². The van der Waals surface area contributed by atoms with Crippen molar-refractivity contribution in [3.05, 3.63) is 75.3 Å². The summed E-state index contributed by atoms with van der Waals surface area (Å²) in [6.07, 6.45) is 1.18. The number of benzene rings is 2. The van der Waals surface area contributed by atoms with E-state index in [1.165, 1.54) is 24.4 Å². The van der Waals surface area contributed by atoms with Crippen LogP contribution in [-0.2, 0) is 10.2 Å². The Kier molecular flexibility index (Phi) is 6.59. The van der Waals surface area contributed by atoms with Crippen molar-refractivity contribution in [1.29, 1.82) is 0 Å². The monoisotopic (exact) mass is 382 g/mol. The molecule has 146 valence electrons. The van der Waals surface area contributed by atoms with Gasteiger partial charge in [0.2, 0.25) is 0 Å². The average Bonchev–Trinajstić information content (AvgIpc) is 2.65. The molecule has 0 saturated carbocycles. The van der Waals surface area contributed by atoms with Crippen LogP contribution in [0, 0.1) is 10.1 Å². The van der Waals surface area contributed by atoms with Crippen molar-refractivity contribution in [3.63, 3.8) is 0 Å². The van der Waals surface area contributed by atoms with Gasteiger partial charge in [-0.1, -0.05) is 45.0 Å². The molecule has 0 saturated heterocycles. The topological polar surface area (TPSA) is 114 Å². The third-order valence-corrected chi connectivity index (χ3v) is 3.95. The van der Waals surface area contributed by atoms with Crippen LogP contribution in [0.2, 0.25) is 0 Å². The van der Waals surface area contributed by atoms with Crippen molar-refractivity contribution < 1.29 is 14.5 Å². The number of carbonyl (C=O) groups is 2. The number of hydrogen-bond acceptors (Lipinski definition) is 5. The average molecular weight is 382 g/mol. The highest BCUT2D eigenvalue weighted by molar-refractivity contribution is 5.96. The Labute approximate surface area is 162 Å². The molecule has 0 aromatic heterocycles. The molecule has 0 aliphatic rings. The Hall–Kier alpha value is -3.55. The summed E-state index contributed by atoms with van der Waals surface area (Å²) in [5, 5.41) is 17.1. The first-order chi connectivity index (χ1) is 13.2. The molecule has 0 unspecified atom stereocenters. The second-order valence-corrected chi connectivity index (χ2v) is 7.12. The van der Waals surface area contributed by atoms with E-state index in [0.29, 0.717) is 5.56 Å². The van der Waals surface area contributed by atoms with Crippen molar-refractivity contribution in [3.8, 4) is 0 Å². The van der Waals surface area contributed by atoms with Crippen molar-refractivity contribution in [2.75, 3.05) is 6.54 Å². The van der Waals surface area contributed by atoms with Gasteiger partial charge in [-0.15, -0.1) is 0 Å². The largest absolute Gasteiger partial charge is 0.343 e. The normalized spacial score (nSPS) is 11.2. The predicted octanol–water partition coefficient (Wildman–Crippen LogP) is 2.77. The highest BCUT2D eigenvalue weighted by atomic mass is 16.6. The minimum atomic E-state index is -0.547. The Bertz CT molecular complexity index is 899. The van der Waals surface area contributed by atoms with Gasteiger partial charge in [0.1, 0.15) is 0 Å². The number of nitro benzene ring substituents is 1. The summed E-state index contributed by atoms with van der Waals surface area (Å²) in [5.74, 6) is -0.923. The van der Waals surface area contributed by atoms with Crippen molar-refractivity contribution in [2.24, 2.45) is 5.10 Å². The maximum Gasteiger partial charge on any atom is 0.278 e. The second kappa shape index (κ2) is 8.90. The number of nitrogens with zero attached hydrogens (tertiary/aromatic N) is 2. The molecule has 0 heterocycles. The minimum Gasteiger partial charge on any atom is -0.343 e. The molecule has 0 atom stereocenters. The molecule has 0 radical (unpaired) electrons. The van der Waals surface area contributed by atoms with Crippen LogP contribution in [0.4, 0.5) is 5.69 Å². The van der Waals surface area contributed by atoms with Crippen LogP contribution in [0.15, 0.2) is 53.6 Å². The van der Waals surface area contributed by atoms with Gasteiger partial charge in [-0.3, -0.25) is 19.7 Å². The summed E-state index contributed by atoms with van der Waals surface area (Å²) in [7, 11) is 0. The van der Waals surface area contributed by atoms with Gasteiger partial charge in [0, 0.05) is 11.6 Å². The van der Waals surface area contributed by atoms with Gasteiger partial charge in [0.05, 0.1) is 23.2 Å². The van der Waals surface area contributed by atoms with E-state index in [9.17, 15) is 19.7 Å². The molecule has 2 aromatic carbocycles. The summed E-state index contributed by atoms with van der Waals surface area (Å²) in [6.45, 7) is 5.97. The van der Waals surface area contributed by atoms with Crippen LogP contribution in [0.25, 0.3) is 0 Å². The van der Waals surface area contributed by atoms with E-state index < -0.39 is 10.8 Å². The van der Waals surface area contributed by atoms with E-state index in [2.05, 4.69) is 36.6 Å². The molecule has 2 rings (SSSR count). The van der Waals surface area contributed by atoms with Crippen LogP contribution in [0.5, 0.6) is 0 Å². The number of rotatable bonds is 6. The van der Waals surface area contributed by atoms with Crippen LogP contribution < -0.4 is 10.7 Å². The van der Waals surface area contributed by atoms with Gasteiger partial charge in [-0.05, 0) is 29.2 Å². The molecular weight excluding hydrogens is 360 g/mol. The molecular formula is C20H22N4O4. The van der Waals surface area contributed by atoms with E-state index in [-0.39, 0.29) is 29.1 Å². The van der Waals surface area contributed by atoms with Crippen molar-refractivity contribution in [2.45, 2.75) is 26.2 Å². The van der Waals surface area contributed by atoms with Crippen LogP contribution >= 0.6 is 0 Å². The molecule has 2 amide bonds. The molecule has 0 aliphatic heterocycles. The van der Waals surface area contributed by atoms with E-state index in [1.807, 2.05) is 12.1 Å². The molecule has 0 spiro atoms. The maximum atomic E-state index is 12.1. The molecule has 2 aromatic rings. The number of para-hydroxylation sites is 1. The number of amides is 2. The Morgan fingerprint density at radius 3 is 2.36 bits per heavy atom. The highest BCUT2D eigenvalue weighted by Crippen LogP contribution is 2.22. The third kappa shape index (κ3) is 5.73. The zero-order chi connectivity index (χ0) is 20.7. The van der Waals surface area contributed by atoms with Crippen LogP contribution in [-0.4, -0.2) is 29.5 Å². The van der Waals surface area contributed by atoms with Crippen molar-refractivity contribution in [1.82, 2.24) is 10.7 Å². The SMILES string of the molecule is CC(C)(C)c1ccc(C(=O)NCC(=O)N/N=C\c2ccccc2[N+](=O)[O-])cc1. The quantitative estimate of drug-likeness (QED) is 0.454. The molecule has 8 nitrogen and oxygen atoms in total. The van der Waals surface area contributed by atoms with Crippen molar-refractivity contribution >= 4 is 23.7 Å². The number of hydrogen-bond donors (Lipinski definition) is 2. The zero-order valence-corrected chi connectivity index (χ0v) is 15.9. The van der Waals surface area contributed by atoms with E-state index >= 15 is 0 Å². The maximum absolute atomic E-state index is 12.1. The third-order valence-electron chi connectivity index (χ3n) is 3.95. The fraction of sp³-hybridized carbons (Fsp3) is 0.250. The Balaban J connectivity index is 1.87. The smallest absolute Gasteiger partial charge is 0.278 e. The lowest BCUT2D eigenvalue weighted by Gasteiger charge is -2.19. The van der Waals surface area contributed by atoms with Gasteiger partial charge >= 0.3 is 0 Å². The molecule has 0 fully saturated rings. The Morgan fingerprint density at radius 2 is 1.75 bits per heavy atom. The van der Waals surface area contributed by atoms with Crippen LogP contribution in [0.1, 0.15) is 42.3 Å². The Morgan fingerprint density at radius 1 is 1.11 bits per heavy atom. The van der Waals surface area contributed by atoms with Gasteiger partial charge in [0.25, 0.3) is 17.5 Å². The van der Waals surface area contributed by atoms with Gasteiger partial charge in [0.15, 0.2) is 0 Å². The predicted molar refractivity (Wildman–Crippen MR) is 106 cm³/mol. The number of nitro groups is 1.